The van der Waals surface area contributed by atoms with Gasteiger partial charge in [0.05, 0.1) is 17.6 Å². The van der Waals surface area contributed by atoms with Crippen LogP contribution in [0.2, 0.25) is 0 Å². The Labute approximate surface area is 208 Å². The summed E-state index contributed by atoms with van der Waals surface area (Å²) in [6.45, 7) is 7.82. The highest BCUT2D eigenvalue weighted by atomic mass is 19.1. The number of piperazine rings is 1. The molecule has 12 heteroatoms. The van der Waals surface area contributed by atoms with E-state index in [0.717, 1.165) is 19.6 Å². The van der Waals surface area contributed by atoms with Crippen molar-refractivity contribution < 1.29 is 13.9 Å². The summed E-state index contributed by atoms with van der Waals surface area (Å²) >= 11 is 0. The van der Waals surface area contributed by atoms with Gasteiger partial charge in [-0.15, -0.1) is 5.10 Å². The van der Waals surface area contributed by atoms with E-state index in [0.29, 0.717) is 54.2 Å². The number of aromatic nitrogens is 5. The fourth-order valence-corrected chi connectivity index (χ4v) is 4.22. The Morgan fingerprint density at radius 3 is 2.58 bits per heavy atom. The molecule has 3 aromatic heterocycles. The summed E-state index contributed by atoms with van der Waals surface area (Å²) in [5.74, 6) is 1.62. The smallest absolute Gasteiger partial charge is 0.259 e. The zero-order valence-electron chi connectivity index (χ0n) is 20.6. The third-order valence-electron chi connectivity index (χ3n) is 6.42. The van der Waals surface area contributed by atoms with Crippen LogP contribution in [-0.4, -0.2) is 80.9 Å². The lowest BCUT2D eigenvalue weighted by Crippen LogP contribution is -2.48. The number of nitrogens with two attached hydrogens (primary N) is 1. The van der Waals surface area contributed by atoms with Crippen LogP contribution in [0, 0.1) is 5.82 Å². The summed E-state index contributed by atoms with van der Waals surface area (Å²) in [5.41, 5.74) is 6.17. The van der Waals surface area contributed by atoms with E-state index >= 15 is 0 Å². The highest BCUT2D eigenvalue weighted by molar-refractivity contribution is 5.53. The summed E-state index contributed by atoms with van der Waals surface area (Å²) in [6.07, 6.45) is 1.55. The standard InChI is InChI=1S/C24H30FN9O2/c1-24(2,35)16-6-7-18(17(25)15-16)33-12-10-32(11-13-33)9-8-31(3)22-28-21(26)34-23(29-22)27-20(30-34)19-5-4-14-36-19/h4-7,14-15,35H,8-13H2,1-3H3,(H2,26,27,28,29,30). The van der Waals surface area contributed by atoms with Gasteiger partial charge in [0.1, 0.15) is 5.82 Å². The maximum atomic E-state index is 14.7. The lowest BCUT2D eigenvalue weighted by Gasteiger charge is -2.37. The van der Waals surface area contributed by atoms with E-state index in [1.807, 2.05) is 16.8 Å². The van der Waals surface area contributed by atoms with Crippen molar-refractivity contribution in [2.75, 3.05) is 61.8 Å². The fourth-order valence-electron chi connectivity index (χ4n) is 4.22. The Bertz CT molecular complexity index is 1340. The zero-order chi connectivity index (χ0) is 25.4. The molecule has 4 heterocycles. The Kier molecular flexibility index (Phi) is 6.22. The summed E-state index contributed by atoms with van der Waals surface area (Å²) < 4.78 is 21.5. The van der Waals surface area contributed by atoms with Gasteiger partial charge >= 0.3 is 0 Å². The topological polar surface area (TPSA) is 125 Å². The third-order valence-corrected chi connectivity index (χ3v) is 6.42. The van der Waals surface area contributed by atoms with Crippen LogP contribution in [0.5, 0.6) is 0 Å². The number of halogens is 1. The van der Waals surface area contributed by atoms with E-state index in [1.54, 1.807) is 44.4 Å². The quantitative estimate of drug-likeness (QED) is 0.393. The minimum Gasteiger partial charge on any atom is -0.461 e. The first kappa shape index (κ1) is 23.9. The van der Waals surface area contributed by atoms with Gasteiger partial charge in [-0.2, -0.15) is 19.5 Å². The molecule has 1 fully saturated rings. The minimum absolute atomic E-state index is 0.193. The summed E-state index contributed by atoms with van der Waals surface area (Å²) in [4.78, 5) is 19.6. The highest BCUT2D eigenvalue weighted by Crippen LogP contribution is 2.27. The van der Waals surface area contributed by atoms with Gasteiger partial charge in [0.2, 0.25) is 17.7 Å². The van der Waals surface area contributed by atoms with Crippen molar-refractivity contribution in [1.82, 2.24) is 29.5 Å². The molecule has 4 aromatic rings. The molecule has 36 heavy (non-hydrogen) atoms. The van der Waals surface area contributed by atoms with Gasteiger partial charge in [0.25, 0.3) is 5.78 Å². The van der Waals surface area contributed by atoms with E-state index < -0.39 is 5.60 Å². The molecule has 0 bridgehead atoms. The monoisotopic (exact) mass is 495 g/mol. The van der Waals surface area contributed by atoms with Crippen LogP contribution in [0.4, 0.5) is 22.0 Å². The van der Waals surface area contributed by atoms with Crippen LogP contribution in [-0.2, 0) is 5.60 Å². The maximum Gasteiger partial charge on any atom is 0.259 e. The predicted octanol–water partition coefficient (Wildman–Crippen LogP) is 1.99. The first-order valence-corrected chi connectivity index (χ1v) is 11.8. The van der Waals surface area contributed by atoms with Crippen LogP contribution < -0.4 is 15.5 Å². The number of furan rings is 1. The molecular formula is C24H30FN9O2. The molecule has 1 saturated heterocycles. The van der Waals surface area contributed by atoms with Crippen molar-refractivity contribution in [3.05, 3.63) is 48.0 Å². The Hall–Kier alpha value is -3.77. The van der Waals surface area contributed by atoms with E-state index in [-0.39, 0.29) is 11.8 Å². The average molecular weight is 496 g/mol. The van der Waals surface area contributed by atoms with Gasteiger partial charge in [-0.3, -0.25) is 4.90 Å². The molecule has 0 atom stereocenters. The molecule has 5 rings (SSSR count). The molecule has 1 aromatic carbocycles. The van der Waals surface area contributed by atoms with Crippen LogP contribution in [0.1, 0.15) is 19.4 Å². The van der Waals surface area contributed by atoms with Gasteiger partial charge in [-0.05, 0) is 43.7 Å². The van der Waals surface area contributed by atoms with Gasteiger partial charge < -0.3 is 25.1 Å². The van der Waals surface area contributed by atoms with Crippen LogP contribution in [0.25, 0.3) is 17.4 Å². The molecule has 1 aliphatic rings. The molecule has 0 radical (unpaired) electrons. The first-order chi connectivity index (χ1) is 17.2. The molecule has 0 spiro atoms. The maximum absolute atomic E-state index is 14.7. The Morgan fingerprint density at radius 2 is 1.92 bits per heavy atom. The van der Waals surface area contributed by atoms with E-state index in [9.17, 15) is 9.50 Å². The number of benzene rings is 1. The minimum atomic E-state index is -1.07. The second kappa shape index (κ2) is 9.36. The summed E-state index contributed by atoms with van der Waals surface area (Å²) in [5, 5.41) is 14.4. The summed E-state index contributed by atoms with van der Waals surface area (Å²) in [6, 6.07) is 8.50. The van der Waals surface area contributed by atoms with Gasteiger partial charge in [0, 0.05) is 46.3 Å². The van der Waals surface area contributed by atoms with Gasteiger partial charge in [-0.1, -0.05) is 6.07 Å². The van der Waals surface area contributed by atoms with Crippen molar-refractivity contribution >= 4 is 23.4 Å². The van der Waals surface area contributed by atoms with Crippen molar-refractivity contribution in [3.8, 4) is 11.6 Å². The molecule has 1 aliphatic heterocycles. The molecule has 0 amide bonds. The second-order valence-corrected chi connectivity index (χ2v) is 9.48. The fraction of sp³-hybridized carbons (Fsp3) is 0.417. The molecule has 0 unspecified atom stereocenters. The highest BCUT2D eigenvalue weighted by Gasteiger charge is 2.23. The molecule has 190 valence electrons. The van der Waals surface area contributed by atoms with Crippen LogP contribution >= 0.6 is 0 Å². The average Bonchev–Trinajstić information content (AvgIpc) is 3.52. The lowest BCUT2D eigenvalue weighted by atomic mass is 9.98. The van der Waals surface area contributed by atoms with E-state index in [2.05, 4.69) is 25.0 Å². The number of aliphatic hydroxyl groups is 1. The molecule has 0 saturated carbocycles. The van der Waals surface area contributed by atoms with Gasteiger partial charge in [-0.25, -0.2) is 4.39 Å². The van der Waals surface area contributed by atoms with Crippen LogP contribution in [0.3, 0.4) is 0 Å². The van der Waals surface area contributed by atoms with E-state index in [4.69, 9.17) is 10.2 Å². The summed E-state index contributed by atoms with van der Waals surface area (Å²) in [7, 11) is 1.91. The lowest BCUT2D eigenvalue weighted by molar-refractivity contribution is 0.0782. The normalized spacial score (nSPS) is 15.1. The van der Waals surface area contributed by atoms with Crippen molar-refractivity contribution in [2.45, 2.75) is 19.4 Å². The zero-order valence-corrected chi connectivity index (χ0v) is 20.6. The number of anilines is 3. The Morgan fingerprint density at radius 1 is 1.14 bits per heavy atom. The predicted molar refractivity (Wildman–Crippen MR) is 134 cm³/mol. The van der Waals surface area contributed by atoms with Gasteiger partial charge in [0.15, 0.2) is 5.76 Å². The number of likely N-dealkylation sites (N-methyl/N-ethyl adjacent to an activating group) is 1. The number of hydrogen-bond donors (Lipinski definition) is 2. The van der Waals surface area contributed by atoms with Crippen molar-refractivity contribution in [3.63, 3.8) is 0 Å². The van der Waals surface area contributed by atoms with Crippen LogP contribution in [0.15, 0.2) is 41.0 Å². The van der Waals surface area contributed by atoms with E-state index in [1.165, 1.54) is 10.6 Å². The first-order valence-electron chi connectivity index (χ1n) is 11.8. The number of nitrogens with zero attached hydrogens (tertiary/aromatic N) is 8. The number of nitrogen functional groups attached to an aromatic ring is 1. The SMILES string of the molecule is CN(CCN1CCN(c2ccc(C(C)(C)O)cc2F)CC1)c1nc(N)n2nc(-c3ccco3)nc2n1. The molecule has 3 N–H and O–H groups in total. The van der Waals surface area contributed by atoms with Crippen molar-refractivity contribution in [1.29, 1.82) is 0 Å². The van der Waals surface area contributed by atoms with Crippen molar-refractivity contribution in [2.24, 2.45) is 0 Å². The Balaban J connectivity index is 1.18. The largest absolute Gasteiger partial charge is 0.461 e. The third kappa shape index (κ3) is 4.82. The molecular weight excluding hydrogens is 465 g/mol. The number of hydrogen-bond acceptors (Lipinski definition) is 10. The molecule has 11 nitrogen and oxygen atoms in total. The number of fused-ring (bicyclic) bond motifs is 1. The second-order valence-electron chi connectivity index (χ2n) is 9.48. The molecule has 0 aliphatic carbocycles. The number of rotatable bonds is 7.